The Balaban J connectivity index is 2.15. The molecular weight excluding hydrogens is 448 g/mol. The first-order valence-electron chi connectivity index (χ1n) is 17.3. The summed E-state index contributed by atoms with van der Waals surface area (Å²) in [6.07, 6.45) is 40.9. The van der Waals surface area contributed by atoms with Crippen LogP contribution in [0.3, 0.4) is 0 Å². The first-order chi connectivity index (χ1) is 18.2. The number of imidazole rings is 1. The molecule has 1 aromatic rings. The second-order valence-corrected chi connectivity index (χ2v) is 12.2. The van der Waals surface area contributed by atoms with E-state index in [9.17, 15) is 0 Å². The smallest absolute Gasteiger partial charge is 0.111 e. The summed E-state index contributed by atoms with van der Waals surface area (Å²) in [4.78, 5) is 4.89. The minimum Gasteiger partial charge on any atom is -0.332 e. The van der Waals surface area contributed by atoms with Crippen molar-refractivity contribution in [2.24, 2.45) is 0 Å². The Hall–Kier alpha value is -0.790. The topological polar surface area (TPSA) is 17.8 Å². The van der Waals surface area contributed by atoms with Crippen LogP contribution in [0.15, 0.2) is 12.4 Å². The van der Waals surface area contributed by atoms with Gasteiger partial charge in [0.05, 0.1) is 0 Å². The van der Waals surface area contributed by atoms with Crippen molar-refractivity contribution >= 4 is 0 Å². The van der Waals surface area contributed by atoms with E-state index in [-0.39, 0.29) is 0 Å². The van der Waals surface area contributed by atoms with Gasteiger partial charge < -0.3 is 4.57 Å². The lowest BCUT2D eigenvalue weighted by Crippen LogP contribution is -2.13. The molecule has 2 unspecified atom stereocenters. The summed E-state index contributed by atoms with van der Waals surface area (Å²) in [5, 5.41) is 0. The first kappa shape index (κ1) is 34.2. The van der Waals surface area contributed by atoms with Crippen LogP contribution < -0.4 is 0 Å². The fraction of sp³-hybridized carbons (Fsp3) is 0.914. The van der Waals surface area contributed by atoms with Crippen LogP contribution in [0.25, 0.3) is 0 Å². The minimum atomic E-state index is 0.591. The van der Waals surface area contributed by atoms with Crippen LogP contribution in [0.1, 0.15) is 212 Å². The van der Waals surface area contributed by atoms with Crippen molar-refractivity contribution in [3.05, 3.63) is 18.2 Å². The zero-order valence-electron chi connectivity index (χ0n) is 26.1. The molecule has 1 rings (SSSR count). The highest BCUT2D eigenvalue weighted by atomic mass is 15.1. The molecule has 0 spiro atoms. The van der Waals surface area contributed by atoms with Gasteiger partial charge in [0, 0.05) is 24.4 Å². The third-order valence-corrected chi connectivity index (χ3v) is 8.56. The Kier molecular flexibility index (Phi) is 23.6. The monoisotopic (exact) mass is 517 g/mol. The molecule has 0 saturated heterocycles. The van der Waals surface area contributed by atoms with Gasteiger partial charge in [-0.25, -0.2) is 4.98 Å². The van der Waals surface area contributed by atoms with Crippen LogP contribution in [0.4, 0.5) is 0 Å². The fourth-order valence-electron chi connectivity index (χ4n) is 6.06. The van der Waals surface area contributed by atoms with Gasteiger partial charge in [-0.1, -0.05) is 168 Å². The second kappa shape index (κ2) is 25.5. The van der Waals surface area contributed by atoms with E-state index in [0.29, 0.717) is 12.0 Å². The first-order valence-corrected chi connectivity index (χ1v) is 17.3. The Bertz CT molecular complexity index is 578. The van der Waals surface area contributed by atoms with Crippen LogP contribution >= 0.6 is 0 Å². The van der Waals surface area contributed by atoms with Gasteiger partial charge in [0.1, 0.15) is 5.82 Å². The molecule has 0 aliphatic carbocycles. The van der Waals surface area contributed by atoms with Crippen LogP contribution in [0.5, 0.6) is 0 Å². The molecule has 218 valence electrons. The van der Waals surface area contributed by atoms with E-state index < -0.39 is 0 Å². The largest absolute Gasteiger partial charge is 0.332 e. The summed E-state index contributed by atoms with van der Waals surface area (Å²) < 4.78 is 2.53. The maximum Gasteiger partial charge on any atom is 0.111 e. The highest BCUT2D eigenvalue weighted by molar-refractivity contribution is 5.02. The van der Waals surface area contributed by atoms with Gasteiger partial charge >= 0.3 is 0 Å². The molecule has 2 atom stereocenters. The molecule has 0 N–H and O–H groups in total. The number of rotatable bonds is 28. The zero-order valence-corrected chi connectivity index (χ0v) is 26.1. The van der Waals surface area contributed by atoms with E-state index in [1.807, 2.05) is 0 Å². The average Bonchev–Trinajstić information content (AvgIpc) is 3.39. The molecule has 0 fully saturated rings. The van der Waals surface area contributed by atoms with Crippen LogP contribution in [-0.2, 0) is 0 Å². The number of hydrogen-bond donors (Lipinski definition) is 0. The van der Waals surface area contributed by atoms with Crippen LogP contribution in [0.2, 0.25) is 0 Å². The molecule has 0 aliphatic rings. The summed E-state index contributed by atoms with van der Waals surface area (Å²) in [6, 6.07) is 0.591. The van der Waals surface area contributed by atoms with Crippen molar-refractivity contribution in [3.63, 3.8) is 0 Å². The standard InChI is InChI=1S/C35H68N2/c1-5-8-10-12-14-15-16-17-18-19-20-21-23-25-27-30-34(28-7-3)35-36-31-32-37(35)33(4)29-26-24-22-13-11-9-6-2/h31-34H,5-30H2,1-4H3. The van der Waals surface area contributed by atoms with Gasteiger partial charge in [0.15, 0.2) is 0 Å². The molecule has 0 bridgehead atoms. The molecule has 0 aliphatic heterocycles. The van der Waals surface area contributed by atoms with Crippen molar-refractivity contribution in [1.29, 1.82) is 0 Å². The second-order valence-electron chi connectivity index (χ2n) is 12.2. The molecule has 0 aromatic carbocycles. The molecular formula is C35H68N2. The van der Waals surface area contributed by atoms with Crippen molar-refractivity contribution in [3.8, 4) is 0 Å². The van der Waals surface area contributed by atoms with Gasteiger partial charge in [-0.3, -0.25) is 0 Å². The summed E-state index contributed by atoms with van der Waals surface area (Å²) in [6.45, 7) is 9.36. The van der Waals surface area contributed by atoms with Crippen LogP contribution in [-0.4, -0.2) is 9.55 Å². The lowest BCUT2D eigenvalue weighted by molar-refractivity contribution is 0.419. The average molecular weight is 517 g/mol. The summed E-state index contributed by atoms with van der Waals surface area (Å²) in [5.74, 6) is 2.03. The molecule has 0 saturated carbocycles. The Morgan fingerprint density at radius 1 is 0.514 bits per heavy atom. The maximum atomic E-state index is 4.89. The van der Waals surface area contributed by atoms with Gasteiger partial charge in [-0.15, -0.1) is 0 Å². The zero-order chi connectivity index (χ0) is 26.8. The SMILES string of the molecule is CCCCCCCCCCCCCCCCCC(CCC)c1nccn1C(C)CCCCCCCCC. The number of hydrogen-bond acceptors (Lipinski definition) is 1. The van der Waals surface area contributed by atoms with Crippen molar-refractivity contribution < 1.29 is 0 Å². The van der Waals surface area contributed by atoms with E-state index >= 15 is 0 Å². The van der Waals surface area contributed by atoms with Crippen molar-refractivity contribution in [2.75, 3.05) is 0 Å². The highest BCUT2D eigenvalue weighted by Crippen LogP contribution is 2.29. The molecule has 2 nitrogen and oxygen atoms in total. The van der Waals surface area contributed by atoms with E-state index in [2.05, 4.69) is 44.7 Å². The highest BCUT2D eigenvalue weighted by Gasteiger charge is 2.18. The molecule has 0 radical (unpaired) electrons. The van der Waals surface area contributed by atoms with Crippen molar-refractivity contribution in [2.45, 2.75) is 207 Å². The van der Waals surface area contributed by atoms with E-state index in [1.54, 1.807) is 0 Å². The predicted octanol–water partition coefficient (Wildman–Crippen LogP) is 12.7. The molecule has 2 heteroatoms. The molecule has 1 aromatic heterocycles. The molecule has 1 heterocycles. The summed E-state index contributed by atoms with van der Waals surface area (Å²) in [5.41, 5.74) is 0. The lowest BCUT2D eigenvalue weighted by atomic mass is 9.94. The Labute approximate surface area is 234 Å². The third-order valence-electron chi connectivity index (χ3n) is 8.56. The Morgan fingerprint density at radius 3 is 1.35 bits per heavy atom. The molecule has 0 amide bonds. The number of aromatic nitrogens is 2. The fourth-order valence-corrected chi connectivity index (χ4v) is 6.06. The van der Waals surface area contributed by atoms with Gasteiger partial charge in [0.25, 0.3) is 0 Å². The minimum absolute atomic E-state index is 0.591. The van der Waals surface area contributed by atoms with Crippen LogP contribution in [0, 0.1) is 0 Å². The quantitative estimate of drug-likeness (QED) is 0.101. The van der Waals surface area contributed by atoms with E-state index in [1.165, 1.54) is 173 Å². The maximum absolute atomic E-state index is 4.89. The van der Waals surface area contributed by atoms with E-state index in [0.717, 1.165) is 0 Å². The third kappa shape index (κ3) is 18.2. The van der Waals surface area contributed by atoms with Crippen molar-refractivity contribution in [1.82, 2.24) is 9.55 Å². The van der Waals surface area contributed by atoms with Gasteiger partial charge in [-0.2, -0.15) is 0 Å². The normalized spacial score (nSPS) is 13.3. The predicted molar refractivity (Wildman–Crippen MR) is 167 cm³/mol. The lowest BCUT2D eigenvalue weighted by Gasteiger charge is -2.22. The molecule has 37 heavy (non-hydrogen) atoms. The number of nitrogens with zero attached hydrogens (tertiary/aromatic N) is 2. The summed E-state index contributed by atoms with van der Waals surface area (Å²) in [7, 11) is 0. The van der Waals surface area contributed by atoms with E-state index in [4.69, 9.17) is 4.98 Å². The Morgan fingerprint density at radius 2 is 0.919 bits per heavy atom. The van der Waals surface area contributed by atoms with Gasteiger partial charge in [-0.05, 0) is 26.2 Å². The van der Waals surface area contributed by atoms with Gasteiger partial charge in [0.2, 0.25) is 0 Å². The summed E-state index contributed by atoms with van der Waals surface area (Å²) >= 11 is 0. The number of unbranched alkanes of at least 4 members (excludes halogenated alkanes) is 20.